The van der Waals surface area contributed by atoms with Crippen LogP contribution in [0.4, 0.5) is 13.2 Å². The molecule has 0 aliphatic rings. The molecule has 0 amide bonds. The molecule has 0 saturated heterocycles. The van der Waals surface area contributed by atoms with Gasteiger partial charge in [-0.25, -0.2) is 13.2 Å². The van der Waals surface area contributed by atoms with Crippen LogP contribution in [0.5, 0.6) is 0 Å². The topological polar surface area (TPSA) is 20.2 Å². The van der Waals surface area contributed by atoms with Gasteiger partial charge in [-0.1, -0.05) is 22.0 Å². The maximum Gasteiger partial charge on any atom is 0.131 e. The molecule has 0 saturated carbocycles. The molecule has 2 aromatic carbocycles. The predicted molar refractivity (Wildman–Crippen MR) is 69.1 cm³/mol. The van der Waals surface area contributed by atoms with E-state index in [1.54, 1.807) is 0 Å². The van der Waals surface area contributed by atoms with Crippen LogP contribution in [0.3, 0.4) is 0 Å². The summed E-state index contributed by atoms with van der Waals surface area (Å²) in [7, 11) is 0. The van der Waals surface area contributed by atoms with E-state index < -0.39 is 29.1 Å². The quantitative estimate of drug-likeness (QED) is 0.896. The van der Waals surface area contributed by atoms with E-state index in [2.05, 4.69) is 15.9 Å². The summed E-state index contributed by atoms with van der Waals surface area (Å²) in [4.78, 5) is 0. The first-order valence-corrected chi connectivity index (χ1v) is 6.34. The summed E-state index contributed by atoms with van der Waals surface area (Å²) in [6.07, 6.45) is -1.46. The number of halogens is 4. The van der Waals surface area contributed by atoms with Gasteiger partial charge in [0.05, 0.1) is 11.7 Å². The van der Waals surface area contributed by atoms with Crippen molar-refractivity contribution in [2.75, 3.05) is 0 Å². The molecule has 1 atom stereocenters. The summed E-state index contributed by atoms with van der Waals surface area (Å²) in [6.45, 7) is 0. The van der Waals surface area contributed by atoms with Crippen molar-refractivity contribution < 1.29 is 18.3 Å². The van der Waals surface area contributed by atoms with Gasteiger partial charge >= 0.3 is 0 Å². The van der Waals surface area contributed by atoms with Crippen LogP contribution < -0.4 is 0 Å². The van der Waals surface area contributed by atoms with Crippen LogP contribution in [-0.4, -0.2) is 5.11 Å². The van der Waals surface area contributed by atoms with Gasteiger partial charge in [-0.15, -0.1) is 0 Å². The molecule has 0 aliphatic heterocycles. The zero-order valence-electron chi connectivity index (χ0n) is 9.71. The molecule has 5 heteroatoms. The molecule has 1 N–H and O–H groups in total. The second-order valence-electron chi connectivity index (χ2n) is 4.09. The molecule has 100 valence electrons. The SMILES string of the molecule is OC(Cc1cc(F)ccc1Br)c1c(F)cccc1F. The minimum Gasteiger partial charge on any atom is -0.388 e. The summed E-state index contributed by atoms with van der Waals surface area (Å²) in [5, 5.41) is 9.93. The van der Waals surface area contributed by atoms with Gasteiger partial charge in [-0.2, -0.15) is 0 Å². The Bertz CT molecular complexity index is 581. The van der Waals surface area contributed by atoms with Crippen molar-refractivity contribution in [3.05, 3.63) is 69.4 Å². The van der Waals surface area contributed by atoms with Crippen LogP contribution in [0.2, 0.25) is 0 Å². The van der Waals surface area contributed by atoms with Crippen LogP contribution in [0.15, 0.2) is 40.9 Å². The molecule has 0 radical (unpaired) electrons. The van der Waals surface area contributed by atoms with Crippen LogP contribution in [0.25, 0.3) is 0 Å². The van der Waals surface area contributed by atoms with Gasteiger partial charge in [0, 0.05) is 10.9 Å². The number of benzene rings is 2. The van der Waals surface area contributed by atoms with Crippen molar-refractivity contribution in [1.82, 2.24) is 0 Å². The Labute approximate surface area is 116 Å². The molecule has 19 heavy (non-hydrogen) atoms. The Hall–Kier alpha value is -1.33. The summed E-state index contributed by atoms with van der Waals surface area (Å²) in [5.41, 5.74) is 0.0359. The van der Waals surface area contributed by atoms with Crippen LogP contribution in [0.1, 0.15) is 17.2 Å². The van der Waals surface area contributed by atoms with Gasteiger partial charge in [0.2, 0.25) is 0 Å². The lowest BCUT2D eigenvalue weighted by Crippen LogP contribution is -2.07. The fourth-order valence-electron chi connectivity index (χ4n) is 1.84. The number of aliphatic hydroxyl groups is 1. The monoisotopic (exact) mass is 330 g/mol. The molecule has 1 unspecified atom stereocenters. The first kappa shape index (κ1) is 14.1. The molecule has 0 spiro atoms. The smallest absolute Gasteiger partial charge is 0.131 e. The molecule has 0 aliphatic carbocycles. The predicted octanol–water partition coefficient (Wildman–Crippen LogP) is 4.14. The fraction of sp³-hybridized carbons (Fsp3) is 0.143. The van der Waals surface area contributed by atoms with Gasteiger partial charge < -0.3 is 5.11 Å². The van der Waals surface area contributed by atoms with E-state index in [1.165, 1.54) is 24.3 Å². The van der Waals surface area contributed by atoms with E-state index in [1.807, 2.05) is 0 Å². The summed E-state index contributed by atoms with van der Waals surface area (Å²) in [5.74, 6) is -2.11. The van der Waals surface area contributed by atoms with E-state index in [-0.39, 0.29) is 6.42 Å². The molecule has 0 aromatic heterocycles. The minimum absolute atomic E-state index is 0.0871. The Balaban J connectivity index is 2.31. The lowest BCUT2D eigenvalue weighted by atomic mass is 10.0. The van der Waals surface area contributed by atoms with E-state index in [4.69, 9.17) is 0 Å². The summed E-state index contributed by atoms with van der Waals surface area (Å²) in [6, 6.07) is 7.31. The molecule has 0 bridgehead atoms. The van der Waals surface area contributed by atoms with Crippen LogP contribution in [-0.2, 0) is 6.42 Å². The lowest BCUT2D eigenvalue weighted by molar-refractivity contribution is 0.168. The van der Waals surface area contributed by atoms with E-state index in [9.17, 15) is 18.3 Å². The van der Waals surface area contributed by atoms with E-state index in [0.717, 1.165) is 12.1 Å². The molecule has 0 fully saturated rings. The molecular weight excluding hydrogens is 321 g/mol. The van der Waals surface area contributed by atoms with E-state index >= 15 is 0 Å². The zero-order valence-corrected chi connectivity index (χ0v) is 11.3. The highest BCUT2D eigenvalue weighted by Gasteiger charge is 2.19. The first-order valence-electron chi connectivity index (χ1n) is 5.55. The number of rotatable bonds is 3. The average Bonchev–Trinajstić information content (AvgIpc) is 2.33. The van der Waals surface area contributed by atoms with Crippen LogP contribution in [0, 0.1) is 17.5 Å². The maximum absolute atomic E-state index is 13.5. The summed E-state index contributed by atoms with van der Waals surface area (Å²) < 4.78 is 40.7. The first-order chi connectivity index (χ1) is 8.99. The Morgan fingerprint density at radius 1 is 1.05 bits per heavy atom. The molecule has 1 nitrogen and oxygen atoms in total. The van der Waals surface area contributed by atoms with Gasteiger partial charge in [0.1, 0.15) is 17.5 Å². The van der Waals surface area contributed by atoms with Crippen molar-refractivity contribution in [1.29, 1.82) is 0 Å². The third-order valence-corrected chi connectivity index (χ3v) is 3.53. The van der Waals surface area contributed by atoms with Gasteiger partial charge in [0.15, 0.2) is 0 Å². The highest BCUT2D eigenvalue weighted by atomic mass is 79.9. The number of hydrogen-bond donors (Lipinski definition) is 1. The van der Waals surface area contributed by atoms with Crippen molar-refractivity contribution in [2.45, 2.75) is 12.5 Å². The van der Waals surface area contributed by atoms with Crippen molar-refractivity contribution in [3.8, 4) is 0 Å². The maximum atomic E-state index is 13.5. The van der Waals surface area contributed by atoms with Crippen molar-refractivity contribution >= 4 is 15.9 Å². The summed E-state index contributed by atoms with van der Waals surface area (Å²) >= 11 is 3.20. The molecular formula is C14H10BrF3O. The Morgan fingerprint density at radius 3 is 2.32 bits per heavy atom. The van der Waals surface area contributed by atoms with Crippen molar-refractivity contribution in [3.63, 3.8) is 0 Å². The third kappa shape index (κ3) is 3.16. The number of aliphatic hydroxyl groups excluding tert-OH is 1. The third-order valence-electron chi connectivity index (χ3n) is 2.75. The Morgan fingerprint density at radius 2 is 1.68 bits per heavy atom. The lowest BCUT2D eigenvalue weighted by Gasteiger charge is -2.14. The van der Waals surface area contributed by atoms with Gasteiger partial charge in [-0.05, 0) is 35.9 Å². The largest absolute Gasteiger partial charge is 0.388 e. The fourth-order valence-corrected chi connectivity index (χ4v) is 2.25. The standard InChI is InChI=1S/C14H10BrF3O/c15-10-5-4-9(16)6-8(10)7-13(19)14-11(17)2-1-3-12(14)18/h1-6,13,19H,7H2. The second kappa shape index (κ2) is 5.75. The Kier molecular flexibility index (Phi) is 4.27. The zero-order chi connectivity index (χ0) is 14.0. The average molecular weight is 331 g/mol. The molecule has 0 heterocycles. The number of hydrogen-bond acceptors (Lipinski definition) is 1. The van der Waals surface area contributed by atoms with Gasteiger partial charge in [0.25, 0.3) is 0 Å². The highest BCUT2D eigenvalue weighted by Crippen LogP contribution is 2.27. The van der Waals surface area contributed by atoms with Crippen LogP contribution >= 0.6 is 15.9 Å². The minimum atomic E-state index is -1.38. The van der Waals surface area contributed by atoms with Gasteiger partial charge in [-0.3, -0.25) is 0 Å². The normalized spacial score (nSPS) is 12.5. The second-order valence-corrected chi connectivity index (χ2v) is 4.95. The van der Waals surface area contributed by atoms with Crippen molar-refractivity contribution in [2.24, 2.45) is 0 Å². The van der Waals surface area contributed by atoms with E-state index in [0.29, 0.717) is 10.0 Å². The highest BCUT2D eigenvalue weighted by molar-refractivity contribution is 9.10. The molecule has 2 rings (SSSR count). The molecule has 2 aromatic rings.